The Morgan fingerprint density at radius 3 is 2.90 bits per heavy atom. The Bertz CT molecular complexity index is 408. The molecule has 2 aliphatic heterocycles. The Kier molecular flexibility index (Phi) is 5.41. The number of carbonyl (C=O) groups excluding carboxylic acids is 2. The second-order valence-electron chi connectivity index (χ2n) is 5.63. The predicted octanol–water partition coefficient (Wildman–Crippen LogP) is 0.236. The van der Waals surface area contributed by atoms with E-state index in [9.17, 15) is 9.59 Å². The zero-order chi connectivity index (χ0) is 15.2. The van der Waals surface area contributed by atoms with Crippen molar-refractivity contribution in [1.82, 2.24) is 20.4 Å². The van der Waals surface area contributed by atoms with Gasteiger partial charge in [0.2, 0.25) is 5.91 Å². The summed E-state index contributed by atoms with van der Waals surface area (Å²) in [5.41, 5.74) is 0. The third-order valence-electron chi connectivity index (χ3n) is 3.81. The average Bonchev–Trinajstić information content (AvgIpc) is 2.78. The fourth-order valence-corrected chi connectivity index (χ4v) is 2.75. The Hall–Kier alpha value is -1.79. The van der Waals surface area contributed by atoms with E-state index in [0.717, 1.165) is 25.6 Å². The first-order valence-corrected chi connectivity index (χ1v) is 7.73. The van der Waals surface area contributed by atoms with Gasteiger partial charge < -0.3 is 15.5 Å². The van der Waals surface area contributed by atoms with Crippen molar-refractivity contribution in [2.24, 2.45) is 10.9 Å². The molecule has 0 radical (unpaired) electrons. The summed E-state index contributed by atoms with van der Waals surface area (Å²) >= 11 is 0. The van der Waals surface area contributed by atoms with Gasteiger partial charge in [-0.15, -0.1) is 0 Å². The Morgan fingerprint density at radius 2 is 2.29 bits per heavy atom. The van der Waals surface area contributed by atoms with Crippen LogP contribution in [0.25, 0.3) is 0 Å². The fraction of sp³-hybridized carbons (Fsp3) is 0.786. The molecule has 2 heterocycles. The molecule has 2 aliphatic rings. The van der Waals surface area contributed by atoms with Crippen molar-refractivity contribution < 1.29 is 9.59 Å². The van der Waals surface area contributed by atoms with Crippen molar-refractivity contribution >= 4 is 17.9 Å². The van der Waals surface area contributed by atoms with Gasteiger partial charge in [-0.25, -0.2) is 4.79 Å². The highest BCUT2D eigenvalue weighted by Gasteiger charge is 2.27. The number of nitrogens with one attached hydrogen (secondary N) is 2. The first-order chi connectivity index (χ1) is 10.1. The summed E-state index contributed by atoms with van der Waals surface area (Å²) in [5.74, 6) is 1.39. The standard InChI is InChI=1S/C14H25N5O2/c1-3-15-13(18-7-4-5-11(2)10-18)16-6-8-19-12(20)9-17-14(19)21/h11H,3-10H2,1-2H3,(H,15,16)(H,17,21). The van der Waals surface area contributed by atoms with Crippen molar-refractivity contribution in [3.8, 4) is 0 Å². The first kappa shape index (κ1) is 15.6. The number of likely N-dealkylation sites (tertiary alicyclic amines) is 1. The van der Waals surface area contributed by atoms with Crippen LogP contribution in [0.2, 0.25) is 0 Å². The minimum atomic E-state index is -0.313. The topological polar surface area (TPSA) is 77.0 Å². The maximum absolute atomic E-state index is 11.5. The molecule has 0 spiro atoms. The van der Waals surface area contributed by atoms with Crippen LogP contribution in [0.1, 0.15) is 26.7 Å². The summed E-state index contributed by atoms with van der Waals surface area (Å²) in [7, 11) is 0. The van der Waals surface area contributed by atoms with Crippen LogP contribution in [-0.2, 0) is 4.79 Å². The summed E-state index contributed by atoms with van der Waals surface area (Å²) in [6.45, 7) is 8.01. The normalized spacial score (nSPS) is 23.5. The second-order valence-corrected chi connectivity index (χ2v) is 5.63. The number of hydrogen-bond acceptors (Lipinski definition) is 3. The second kappa shape index (κ2) is 7.28. The van der Waals surface area contributed by atoms with E-state index in [-0.39, 0.29) is 18.5 Å². The zero-order valence-electron chi connectivity index (χ0n) is 12.9. The summed E-state index contributed by atoms with van der Waals surface area (Å²) in [5, 5.41) is 5.81. The molecule has 7 nitrogen and oxygen atoms in total. The number of carbonyl (C=O) groups is 2. The molecule has 2 fully saturated rings. The van der Waals surface area contributed by atoms with E-state index in [0.29, 0.717) is 19.0 Å². The monoisotopic (exact) mass is 295 g/mol. The summed E-state index contributed by atoms with van der Waals surface area (Å²) < 4.78 is 0. The molecule has 2 saturated heterocycles. The molecule has 2 rings (SSSR count). The largest absolute Gasteiger partial charge is 0.357 e. The van der Waals surface area contributed by atoms with Crippen LogP contribution in [0.3, 0.4) is 0 Å². The van der Waals surface area contributed by atoms with Gasteiger partial charge in [-0.2, -0.15) is 0 Å². The Balaban J connectivity index is 1.91. The maximum Gasteiger partial charge on any atom is 0.324 e. The lowest BCUT2D eigenvalue weighted by Crippen LogP contribution is -2.46. The molecule has 118 valence electrons. The molecule has 21 heavy (non-hydrogen) atoms. The third-order valence-corrected chi connectivity index (χ3v) is 3.81. The number of hydrogen-bond donors (Lipinski definition) is 2. The SMILES string of the molecule is CCNC(=NCCN1C(=O)CNC1=O)N1CCCC(C)C1. The van der Waals surface area contributed by atoms with Gasteiger partial charge in [0.1, 0.15) is 0 Å². The van der Waals surface area contributed by atoms with E-state index in [4.69, 9.17) is 0 Å². The van der Waals surface area contributed by atoms with Gasteiger partial charge >= 0.3 is 6.03 Å². The molecule has 0 aliphatic carbocycles. The van der Waals surface area contributed by atoms with E-state index < -0.39 is 0 Å². The van der Waals surface area contributed by atoms with Crippen molar-refractivity contribution in [2.75, 3.05) is 39.3 Å². The zero-order valence-corrected chi connectivity index (χ0v) is 12.9. The minimum absolute atomic E-state index is 0.103. The van der Waals surface area contributed by atoms with Crippen LogP contribution in [0.5, 0.6) is 0 Å². The number of urea groups is 1. The van der Waals surface area contributed by atoms with E-state index in [2.05, 4.69) is 27.4 Å². The molecule has 0 bridgehead atoms. The van der Waals surface area contributed by atoms with Gasteiger partial charge in [0.25, 0.3) is 0 Å². The summed E-state index contributed by atoms with van der Waals surface area (Å²) in [6, 6.07) is -0.313. The van der Waals surface area contributed by atoms with Crippen molar-refractivity contribution in [1.29, 1.82) is 0 Å². The lowest BCUT2D eigenvalue weighted by Gasteiger charge is -2.33. The molecular weight excluding hydrogens is 270 g/mol. The molecule has 2 N–H and O–H groups in total. The molecule has 1 unspecified atom stereocenters. The van der Waals surface area contributed by atoms with Gasteiger partial charge in [0, 0.05) is 19.6 Å². The number of rotatable bonds is 4. The number of nitrogens with zero attached hydrogens (tertiary/aromatic N) is 3. The number of piperidine rings is 1. The third kappa shape index (κ3) is 4.09. The molecule has 7 heteroatoms. The highest BCUT2D eigenvalue weighted by Crippen LogP contribution is 2.15. The maximum atomic E-state index is 11.5. The van der Waals surface area contributed by atoms with E-state index in [1.54, 1.807) is 0 Å². The number of aliphatic imine (C=N–C) groups is 1. The van der Waals surface area contributed by atoms with E-state index >= 15 is 0 Å². The Labute approximate surface area is 125 Å². The quantitative estimate of drug-likeness (QED) is 0.442. The van der Waals surface area contributed by atoms with Crippen LogP contribution >= 0.6 is 0 Å². The van der Waals surface area contributed by atoms with Crippen LogP contribution in [0.15, 0.2) is 4.99 Å². The molecule has 1 atom stereocenters. The van der Waals surface area contributed by atoms with Crippen molar-refractivity contribution in [2.45, 2.75) is 26.7 Å². The molecular formula is C14H25N5O2. The van der Waals surface area contributed by atoms with Gasteiger partial charge in [-0.05, 0) is 25.7 Å². The smallest absolute Gasteiger partial charge is 0.324 e. The lowest BCUT2D eigenvalue weighted by atomic mass is 10.0. The van der Waals surface area contributed by atoms with E-state index in [1.165, 1.54) is 17.7 Å². The molecule has 0 aromatic carbocycles. The first-order valence-electron chi connectivity index (χ1n) is 7.73. The van der Waals surface area contributed by atoms with Crippen LogP contribution in [0.4, 0.5) is 4.79 Å². The number of imide groups is 1. The summed E-state index contributed by atoms with van der Waals surface area (Å²) in [6.07, 6.45) is 2.44. The van der Waals surface area contributed by atoms with Gasteiger partial charge in [0.15, 0.2) is 5.96 Å². The molecule has 0 aromatic rings. The van der Waals surface area contributed by atoms with Crippen LogP contribution < -0.4 is 10.6 Å². The lowest BCUT2D eigenvalue weighted by molar-refractivity contribution is -0.124. The van der Waals surface area contributed by atoms with Gasteiger partial charge in [-0.1, -0.05) is 6.92 Å². The number of guanidine groups is 1. The molecule has 0 saturated carbocycles. The Morgan fingerprint density at radius 1 is 1.48 bits per heavy atom. The van der Waals surface area contributed by atoms with E-state index in [1.807, 2.05) is 6.92 Å². The number of amides is 3. The average molecular weight is 295 g/mol. The van der Waals surface area contributed by atoms with Crippen LogP contribution in [0, 0.1) is 5.92 Å². The van der Waals surface area contributed by atoms with Crippen LogP contribution in [-0.4, -0.2) is 67.0 Å². The minimum Gasteiger partial charge on any atom is -0.357 e. The highest BCUT2D eigenvalue weighted by molar-refractivity contribution is 6.01. The predicted molar refractivity (Wildman–Crippen MR) is 81.1 cm³/mol. The fourth-order valence-electron chi connectivity index (χ4n) is 2.75. The van der Waals surface area contributed by atoms with Crippen molar-refractivity contribution in [3.05, 3.63) is 0 Å². The van der Waals surface area contributed by atoms with Gasteiger partial charge in [-0.3, -0.25) is 14.7 Å². The summed E-state index contributed by atoms with van der Waals surface area (Å²) in [4.78, 5) is 31.0. The van der Waals surface area contributed by atoms with Crippen molar-refractivity contribution in [3.63, 3.8) is 0 Å². The molecule has 0 aromatic heterocycles. The molecule has 3 amide bonds. The van der Waals surface area contributed by atoms with Gasteiger partial charge in [0.05, 0.1) is 19.6 Å². The highest BCUT2D eigenvalue weighted by atomic mass is 16.2.